The average molecular weight is 261 g/mol. The minimum atomic E-state index is -4.88. The number of aromatic nitrogens is 1. The molecule has 2 N–H and O–H groups in total. The van der Waals surface area contributed by atoms with Crippen LogP contribution in [-0.2, 0) is 12.7 Å². The molecule has 0 spiro atoms. The summed E-state index contributed by atoms with van der Waals surface area (Å²) >= 11 is 5.21. The molecule has 2 nitrogen and oxygen atoms in total. The van der Waals surface area contributed by atoms with Gasteiger partial charge in [-0.25, -0.2) is 13.8 Å². The number of nitrogens with zero attached hydrogens (tertiary/aromatic N) is 1. The molecule has 0 aliphatic heterocycles. The van der Waals surface area contributed by atoms with E-state index in [1.165, 1.54) is 0 Å². The van der Waals surface area contributed by atoms with Crippen molar-refractivity contribution in [3.8, 4) is 0 Å². The maximum Gasteiger partial charge on any atom is 0.434 e. The number of pyridine rings is 1. The van der Waals surface area contributed by atoms with Crippen LogP contribution in [-0.4, -0.2) is 4.98 Å². The molecule has 0 unspecified atom stereocenters. The molecule has 0 saturated carbocycles. The van der Waals surface area contributed by atoms with Crippen molar-refractivity contribution < 1.29 is 22.0 Å². The van der Waals surface area contributed by atoms with Gasteiger partial charge in [-0.05, 0) is 6.07 Å². The number of halogens is 6. The summed E-state index contributed by atoms with van der Waals surface area (Å²) in [5.41, 5.74) is 2.33. The lowest BCUT2D eigenvalue weighted by molar-refractivity contribution is -0.141. The Kier molecular flexibility index (Phi) is 3.69. The first kappa shape index (κ1) is 13.1. The van der Waals surface area contributed by atoms with Gasteiger partial charge in [0.1, 0.15) is 0 Å². The van der Waals surface area contributed by atoms with E-state index in [1.54, 1.807) is 0 Å². The summed E-state index contributed by atoms with van der Waals surface area (Å²) in [6.45, 7) is -0.375. The third-order valence-corrected chi connectivity index (χ3v) is 2.15. The molecule has 0 atom stereocenters. The molecule has 1 heterocycles. The van der Waals surface area contributed by atoms with Crippen LogP contribution in [0.3, 0.4) is 0 Å². The van der Waals surface area contributed by atoms with Crippen LogP contribution < -0.4 is 5.73 Å². The van der Waals surface area contributed by atoms with Crippen molar-refractivity contribution in [3.05, 3.63) is 28.0 Å². The second-order valence-corrected chi connectivity index (χ2v) is 3.25. The molecule has 16 heavy (non-hydrogen) atoms. The molecule has 0 aromatic carbocycles. The van der Waals surface area contributed by atoms with Crippen molar-refractivity contribution >= 4 is 11.6 Å². The molecular weight excluding hydrogens is 255 g/mol. The van der Waals surface area contributed by atoms with Crippen molar-refractivity contribution in [1.29, 1.82) is 0 Å². The van der Waals surface area contributed by atoms with Gasteiger partial charge in [0.25, 0.3) is 6.43 Å². The molecule has 8 heteroatoms. The van der Waals surface area contributed by atoms with Crippen LogP contribution >= 0.6 is 11.6 Å². The van der Waals surface area contributed by atoms with Crippen molar-refractivity contribution in [1.82, 2.24) is 4.98 Å². The zero-order chi connectivity index (χ0) is 12.5. The SMILES string of the molecule is NCc1cc(C(F)F)c(Cl)c(C(F)(F)F)n1. The lowest BCUT2D eigenvalue weighted by atomic mass is 10.2. The van der Waals surface area contributed by atoms with Gasteiger partial charge in [0.2, 0.25) is 0 Å². The largest absolute Gasteiger partial charge is 0.434 e. The van der Waals surface area contributed by atoms with Crippen LogP contribution in [0, 0.1) is 0 Å². The Morgan fingerprint density at radius 1 is 1.38 bits per heavy atom. The van der Waals surface area contributed by atoms with E-state index < -0.39 is 28.9 Å². The maximum atomic E-state index is 12.4. The highest BCUT2D eigenvalue weighted by atomic mass is 35.5. The third-order valence-electron chi connectivity index (χ3n) is 1.75. The molecule has 0 bridgehead atoms. The van der Waals surface area contributed by atoms with E-state index in [4.69, 9.17) is 17.3 Å². The van der Waals surface area contributed by atoms with Gasteiger partial charge in [0.15, 0.2) is 5.69 Å². The van der Waals surface area contributed by atoms with E-state index in [2.05, 4.69) is 4.98 Å². The number of hydrogen-bond donors (Lipinski definition) is 1. The first-order chi connectivity index (χ1) is 7.27. The van der Waals surface area contributed by atoms with E-state index in [-0.39, 0.29) is 12.2 Å². The Morgan fingerprint density at radius 2 is 1.94 bits per heavy atom. The van der Waals surface area contributed by atoms with Gasteiger partial charge in [0.05, 0.1) is 10.7 Å². The van der Waals surface area contributed by atoms with Crippen molar-refractivity contribution in [2.45, 2.75) is 19.1 Å². The van der Waals surface area contributed by atoms with E-state index >= 15 is 0 Å². The molecule has 0 aliphatic rings. The van der Waals surface area contributed by atoms with Gasteiger partial charge in [-0.2, -0.15) is 13.2 Å². The summed E-state index contributed by atoms with van der Waals surface area (Å²) in [7, 11) is 0. The smallest absolute Gasteiger partial charge is 0.325 e. The summed E-state index contributed by atoms with van der Waals surface area (Å²) in [4.78, 5) is 3.09. The molecule has 1 aromatic heterocycles. The first-order valence-corrected chi connectivity index (χ1v) is 4.40. The van der Waals surface area contributed by atoms with Crippen molar-refractivity contribution in [3.63, 3.8) is 0 Å². The number of rotatable bonds is 2. The summed E-state index contributed by atoms with van der Waals surface area (Å²) in [6.07, 6.45) is -7.99. The summed E-state index contributed by atoms with van der Waals surface area (Å²) in [5.74, 6) is 0. The van der Waals surface area contributed by atoms with Crippen molar-refractivity contribution in [2.75, 3.05) is 0 Å². The monoisotopic (exact) mass is 260 g/mol. The van der Waals surface area contributed by atoms with Crippen LogP contribution in [0.5, 0.6) is 0 Å². The number of hydrogen-bond acceptors (Lipinski definition) is 2. The standard InChI is InChI=1S/C8H6ClF5N2/c9-5-4(7(10)11)1-3(2-15)16-6(5)8(12,13)14/h1,7H,2,15H2. The highest BCUT2D eigenvalue weighted by Crippen LogP contribution is 2.38. The highest BCUT2D eigenvalue weighted by Gasteiger charge is 2.37. The molecular formula is C8H6ClF5N2. The quantitative estimate of drug-likeness (QED) is 0.830. The maximum absolute atomic E-state index is 12.4. The summed E-state index contributed by atoms with van der Waals surface area (Å²) < 4.78 is 61.9. The molecule has 0 saturated heterocycles. The van der Waals surface area contributed by atoms with Gasteiger partial charge in [0, 0.05) is 12.1 Å². The Morgan fingerprint density at radius 3 is 2.31 bits per heavy atom. The fourth-order valence-electron chi connectivity index (χ4n) is 1.06. The Balaban J connectivity index is 3.44. The second kappa shape index (κ2) is 4.50. The van der Waals surface area contributed by atoms with Crippen LogP contribution in [0.4, 0.5) is 22.0 Å². The molecule has 0 aliphatic carbocycles. The molecule has 0 fully saturated rings. The summed E-state index contributed by atoms with van der Waals surface area (Å²) in [6, 6.07) is 0.766. The molecule has 0 radical (unpaired) electrons. The predicted octanol–water partition coefficient (Wildman–Crippen LogP) is 3.15. The van der Waals surface area contributed by atoms with Gasteiger partial charge >= 0.3 is 6.18 Å². The van der Waals surface area contributed by atoms with E-state index in [0.717, 1.165) is 6.07 Å². The molecule has 1 rings (SSSR count). The fraction of sp³-hybridized carbons (Fsp3) is 0.375. The second-order valence-electron chi connectivity index (χ2n) is 2.87. The lowest BCUT2D eigenvalue weighted by Gasteiger charge is -2.12. The van der Waals surface area contributed by atoms with E-state index in [1.807, 2.05) is 0 Å². The van der Waals surface area contributed by atoms with Gasteiger partial charge < -0.3 is 5.73 Å². The van der Waals surface area contributed by atoms with Gasteiger partial charge in [-0.3, -0.25) is 0 Å². The van der Waals surface area contributed by atoms with E-state index in [0.29, 0.717) is 0 Å². The zero-order valence-corrected chi connectivity index (χ0v) is 8.41. The van der Waals surface area contributed by atoms with Crippen LogP contribution in [0.2, 0.25) is 5.02 Å². The zero-order valence-electron chi connectivity index (χ0n) is 7.65. The first-order valence-electron chi connectivity index (χ1n) is 4.02. The normalized spacial score (nSPS) is 12.2. The molecule has 90 valence electrons. The Bertz CT molecular complexity index is 391. The highest BCUT2D eigenvalue weighted by molar-refractivity contribution is 6.32. The topological polar surface area (TPSA) is 38.9 Å². The fourth-order valence-corrected chi connectivity index (χ4v) is 1.34. The lowest BCUT2D eigenvalue weighted by Crippen LogP contribution is -2.14. The van der Waals surface area contributed by atoms with Crippen LogP contribution in [0.1, 0.15) is 23.4 Å². The average Bonchev–Trinajstić information content (AvgIpc) is 2.15. The van der Waals surface area contributed by atoms with Crippen molar-refractivity contribution in [2.24, 2.45) is 5.73 Å². The Hall–Kier alpha value is -0.950. The van der Waals surface area contributed by atoms with E-state index in [9.17, 15) is 22.0 Å². The minimum absolute atomic E-state index is 0.285. The molecule has 1 aromatic rings. The Labute approximate surface area is 92.2 Å². The molecule has 0 amide bonds. The van der Waals surface area contributed by atoms with Gasteiger partial charge in [-0.15, -0.1) is 0 Å². The van der Waals surface area contributed by atoms with Crippen LogP contribution in [0.15, 0.2) is 6.07 Å². The summed E-state index contributed by atoms with van der Waals surface area (Å²) in [5, 5.41) is -1.08. The third kappa shape index (κ3) is 2.59. The number of alkyl halides is 5. The minimum Gasteiger partial charge on any atom is -0.325 e. The van der Waals surface area contributed by atoms with Crippen LogP contribution in [0.25, 0.3) is 0 Å². The predicted molar refractivity (Wildman–Crippen MR) is 47.1 cm³/mol. The van der Waals surface area contributed by atoms with Gasteiger partial charge in [-0.1, -0.05) is 11.6 Å². The number of nitrogens with two attached hydrogens (primary N) is 1.